The second-order valence-electron chi connectivity index (χ2n) is 13.0. The van der Waals surface area contributed by atoms with E-state index >= 15 is 0 Å². The van der Waals surface area contributed by atoms with E-state index in [1.54, 1.807) is 24.3 Å². The SMILES string of the molecule is [2H]c1c([2H])c([2H])c(P(c2ccc3c(c2)C2(c4ccccc4-c4ccccc42)c2cc(P(c4c([2H])c([2H])c([2H])c([2H])c4[2H])c4c([2H])c([2H])c([2H])c([2H])c4[2H])c4ccccc4c2-3)c2c([2H])c([2H])c([2H])c([2H])c2[2H])c([2H])c1[2H]. The van der Waals surface area contributed by atoms with Crippen molar-refractivity contribution >= 4 is 58.4 Å². The zero-order valence-corrected chi connectivity index (χ0v) is 30.4. The zero-order valence-electron chi connectivity index (χ0n) is 48.6. The Morgan fingerprint density at radius 3 is 1.33 bits per heavy atom. The quantitative estimate of drug-likeness (QED) is 0.148. The third-order valence-corrected chi connectivity index (χ3v) is 14.7. The van der Waals surface area contributed by atoms with Crippen molar-refractivity contribution in [2.24, 2.45) is 0 Å². The second-order valence-corrected chi connectivity index (χ2v) is 17.1. The smallest absolute Gasteiger partial charge is 0.0622 e. The van der Waals surface area contributed by atoms with Crippen LogP contribution in [0, 0.1) is 0 Å². The lowest BCUT2D eigenvalue weighted by Gasteiger charge is -2.32. The molecular weight excluding hydrogens is 699 g/mol. The third kappa shape index (κ3) is 4.92. The Hall–Kier alpha value is -5.90. The van der Waals surface area contributed by atoms with Crippen molar-refractivity contribution in [1.82, 2.24) is 0 Å². The summed E-state index contributed by atoms with van der Waals surface area (Å²) in [7, 11) is -5.25. The molecule has 2 aliphatic carbocycles. The standard InChI is InChI=1S/C53H36P2/c1-5-19-37(20-6-1)54(38-21-7-2-8-22-38)41-33-34-46-49(35-41)53(47-31-17-15-27-42(47)43-28-16-18-32-48(43)53)50-36-51(44-29-13-14-30-45(44)52(46)50)55(39-23-9-3-10-24-39)40-25-11-4-12-26-40/h1-36H/i1D,2D,3D,4D,5D,6D,7D,8D,9D,10D,11D,12D,19D,20D,21D,22D,23D,24D,25D,26D. The Kier molecular flexibility index (Phi) is 4.34. The molecule has 0 atom stereocenters. The van der Waals surface area contributed by atoms with Gasteiger partial charge in [-0.15, -0.1) is 0 Å². The summed E-state index contributed by atoms with van der Waals surface area (Å²) >= 11 is 0. The highest BCUT2D eigenvalue weighted by molar-refractivity contribution is 7.80. The first-order chi connectivity index (χ1) is 35.6. The van der Waals surface area contributed by atoms with Gasteiger partial charge in [-0.2, -0.15) is 0 Å². The van der Waals surface area contributed by atoms with Crippen LogP contribution in [-0.2, 0) is 5.41 Å². The van der Waals surface area contributed by atoms with Gasteiger partial charge in [0.2, 0.25) is 0 Å². The van der Waals surface area contributed by atoms with Gasteiger partial charge in [0.05, 0.1) is 32.8 Å². The van der Waals surface area contributed by atoms with Gasteiger partial charge in [0.15, 0.2) is 0 Å². The summed E-state index contributed by atoms with van der Waals surface area (Å²) in [4.78, 5) is 0. The molecule has 11 rings (SSSR count). The first kappa shape index (κ1) is 18.2. The van der Waals surface area contributed by atoms with E-state index in [1.165, 1.54) is 0 Å². The van der Waals surface area contributed by atoms with Crippen LogP contribution in [0.2, 0.25) is 0 Å². The largest absolute Gasteiger partial charge is 0.0726 e. The van der Waals surface area contributed by atoms with Gasteiger partial charge in [-0.25, -0.2) is 0 Å². The van der Waals surface area contributed by atoms with Crippen LogP contribution in [0.1, 0.15) is 49.7 Å². The van der Waals surface area contributed by atoms with Crippen LogP contribution in [0.25, 0.3) is 33.0 Å². The van der Waals surface area contributed by atoms with Crippen LogP contribution in [0.3, 0.4) is 0 Å². The fourth-order valence-electron chi connectivity index (χ4n) is 8.43. The molecule has 0 unspecified atom stereocenters. The third-order valence-electron chi connectivity index (χ3n) is 10.4. The normalized spacial score (nSPS) is 18.3. The summed E-state index contributed by atoms with van der Waals surface area (Å²) in [6, 6.07) is 16.6. The number of rotatable bonds is 6. The van der Waals surface area contributed by atoms with E-state index in [2.05, 4.69) is 0 Å². The Bertz CT molecular complexity index is 3760. The van der Waals surface area contributed by atoms with Crippen LogP contribution in [0.5, 0.6) is 0 Å². The van der Waals surface area contributed by atoms with E-state index < -0.39 is 142 Å². The molecule has 0 nitrogen and oxygen atoms in total. The first-order valence-corrected chi connectivity index (χ1v) is 20.1. The molecule has 9 aromatic carbocycles. The first-order valence-electron chi connectivity index (χ1n) is 27.4. The van der Waals surface area contributed by atoms with Gasteiger partial charge in [-0.1, -0.05) is 206 Å². The van der Waals surface area contributed by atoms with Crippen molar-refractivity contribution in [3.63, 3.8) is 0 Å². The summed E-state index contributed by atoms with van der Waals surface area (Å²) in [5, 5.41) is 0.606. The molecule has 0 aromatic heterocycles. The molecular formula is C53H36P2. The van der Waals surface area contributed by atoms with Crippen LogP contribution in [0.15, 0.2) is 218 Å². The van der Waals surface area contributed by atoms with Crippen LogP contribution in [0.4, 0.5) is 0 Å². The average molecular weight is 755 g/mol. The van der Waals surface area contributed by atoms with E-state index in [0.29, 0.717) is 38.3 Å². The molecule has 0 saturated carbocycles. The summed E-state index contributed by atoms with van der Waals surface area (Å²) in [6.07, 6.45) is 0. The second kappa shape index (κ2) is 13.1. The van der Waals surface area contributed by atoms with Crippen molar-refractivity contribution in [3.8, 4) is 22.3 Å². The summed E-state index contributed by atoms with van der Waals surface area (Å²) < 4.78 is 179. The van der Waals surface area contributed by atoms with Crippen LogP contribution >= 0.6 is 15.8 Å². The maximum atomic E-state index is 9.39. The van der Waals surface area contributed by atoms with Gasteiger partial charge in [0.1, 0.15) is 0 Å². The molecule has 0 heterocycles. The van der Waals surface area contributed by atoms with Gasteiger partial charge >= 0.3 is 0 Å². The molecule has 0 N–H and O–H groups in total. The topological polar surface area (TPSA) is 0 Å². The van der Waals surface area contributed by atoms with E-state index in [0.717, 1.165) is 22.3 Å². The molecule has 0 aliphatic heterocycles. The predicted octanol–water partition coefficient (Wildman–Crippen LogP) is 10.7. The lowest BCUT2D eigenvalue weighted by atomic mass is 9.70. The summed E-state index contributed by atoms with van der Waals surface area (Å²) in [5.41, 5.74) is 4.33. The van der Waals surface area contributed by atoms with Crippen LogP contribution < -0.4 is 31.8 Å². The number of fused-ring (bicyclic) bond motifs is 12. The molecule has 2 aliphatic rings. The van der Waals surface area contributed by atoms with Gasteiger partial charge in [0, 0.05) is 0 Å². The summed E-state index contributed by atoms with van der Waals surface area (Å²) in [6.45, 7) is 0. The van der Waals surface area contributed by atoms with Crippen molar-refractivity contribution in [2.75, 3.05) is 0 Å². The number of hydrogen-bond acceptors (Lipinski definition) is 0. The van der Waals surface area contributed by atoms with Crippen molar-refractivity contribution in [2.45, 2.75) is 5.41 Å². The number of benzene rings is 9. The monoisotopic (exact) mass is 754 g/mol. The minimum absolute atomic E-state index is 0.262. The van der Waals surface area contributed by atoms with Crippen molar-refractivity contribution in [1.29, 1.82) is 0 Å². The molecule has 55 heavy (non-hydrogen) atoms. The van der Waals surface area contributed by atoms with E-state index in [9.17, 15) is 11.0 Å². The average Bonchev–Trinajstić information content (AvgIpc) is 4.02. The van der Waals surface area contributed by atoms with Crippen LogP contribution in [-0.4, -0.2) is 0 Å². The zero-order chi connectivity index (χ0) is 53.8. The Morgan fingerprint density at radius 1 is 0.345 bits per heavy atom. The minimum atomic E-state index is -2.66. The highest BCUT2D eigenvalue weighted by atomic mass is 31.1. The molecule has 0 radical (unpaired) electrons. The maximum absolute atomic E-state index is 9.39. The molecule has 0 amide bonds. The highest BCUT2D eigenvalue weighted by Crippen LogP contribution is 2.64. The molecule has 0 saturated heterocycles. The van der Waals surface area contributed by atoms with E-state index in [4.69, 9.17) is 16.4 Å². The van der Waals surface area contributed by atoms with Gasteiger partial charge in [-0.3, -0.25) is 0 Å². The minimum Gasteiger partial charge on any atom is -0.0622 e. The Labute approximate surface area is 353 Å². The lowest BCUT2D eigenvalue weighted by molar-refractivity contribution is 0.796. The van der Waals surface area contributed by atoms with E-state index in [-0.39, 0.29) is 26.5 Å². The van der Waals surface area contributed by atoms with E-state index in [1.807, 2.05) is 72.8 Å². The Balaban J connectivity index is 1.33. The predicted molar refractivity (Wildman–Crippen MR) is 238 cm³/mol. The molecule has 0 fully saturated rings. The van der Waals surface area contributed by atoms with Gasteiger partial charge in [-0.05, 0) is 115 Å². The van der Waals surface area contributed by atoms with Crippen molar-refractivity contribution < 1.29 is 27.4 Å². The Morgan fingerprint density at radius 2 is 0.800 bits per heavy atom. The molecule has 9 aromatic rings. The lowest BCUT2D eigenvalue weighted by Crippen LogP contribution is -2.29. The summed E-state index contributed by atoms with van der Waals surface area (Å²) in [5.74, 6) is 0. The fourth-order valence-corrected chi connectivity index (χ4v) is 12.4. The molecule has 1 spiro atoms. The molecule has 2 heteroatoms. The van der Waals surface area contributed by atoms with Gasteiger partial charge < -0.3 is 0 Å². The highest BCUT2D eigenvalue weighted by Gasteiger charge is 2.52. The molecule has 0 bridgehead atoms. The maximum Gasteiger partial charge on any atom is 0.0726 e. The van der Waals surface area contributed by atoms with Crippen molar-refractivity contribution in [3.05, 3.63) is 240 Å². The fraction of sp³-hybridized carbons (Fsp3) is 0.0189. The number of hydrogen-bond donors (Lipinski definition) is 0. The molecule has 258 valence electrons. The van der Waals surface area contributed by atoms with Gasteiger partial charge in [0.25, 0.3) is 0 Å².